The van der Waals surface area contributed by atoms with Crippen LogP contribution in [0.15, 0.2) is 0 Å². The molecule has 0 aromatic heterocycles. The molecule has 0 spiro atoms. The number of hydrogen-bond donors (Lipinski definition) is 0. The first kappa shape index (κ1) is 17.1. The Morgan fingerprint density at radius 3 is 2.41 bits per heavy atom. The molecule has 2 rings (SSSR count). The lowest BCUT2D eigenvalue weighted by Gasteiger charge is -2.23. The van der Waals surface area contributed by atoms with Gasteiger partial charge in [0.25, 0.3) is 0 Å². The van der Waals surface area contributed by atoms with Crippen molar-refractivity contribution in [2.24, 2.45) is 11.8 Å². The molecule has 5 nitrogen and oxygen atoms in total. The minimum absolute atomic E-state index is 0.119. The zero-order chi connectivity index (χ0) is 16.7. The summed E-state index contributed by atoms with van der Waals surface area (Å²) in [4.78, 5) is 28.6. The number of amides is 2. The van der Waals surface area contributed by atoms with Gasteiger partial charge in [0.1, 0.15) is 6.54 Å². The molecule has 0 aromatic carbocycles. The summed E-state index contributed by atoms with van der Waals surface area (Å²) in [6.07, 6.45) is -4.54. The first-order valence-electron chi connectivity index (χ1n) is 7.38. The highest BCUT2D eigenvalue weighted by Gasteiger charge is 2.43. The Morgan fingerprint density at radius 1 is 1.27 bits per heavy atom. The van der Waals surface area contributed by atoms with Crippen LogP contribution >= 0.6 is 0 Å². The SMILES string of the molecule is C[C@@H]1CN(C(=O)[C@H]2CC(=O)N(CC(F)(F)F)C2)C[C@H]1N(C)C. The molecule has 0 N–H and O–H groups in total. The second kappa shape index (κ2) is 6.06. The summed E-state index contributed by atoms with van der Waals surface area (Å²) in [6.45, 7) is 1.80. The average Bonchev–Trinajstić information content (AvgIpc) is 2.91. The predicted molar refractivity (Wildman–Crippen MR) is 74.0 cm³/mol. The fraction of sp³-hybridized carbons (Fsp3) is 0.857. The Kier molecular flexibility index (Phi) is 4.70. The lowest BCUT2D eigenvalue weighted by molar-refractivity contribution is -0.157. The van der Waals surface area contributed by atoms with Crippen molar-refractivity contribution in [3.63, 3.8) is 0 Å². The molecule has 2 heterocycles. The van der Waals surface area contributed by atoms with Gasteiger partial charge in [0, 0.05) is 32.1 Å². The largest absolute Gasteiger partial charge is 0.406 e. The van der Waals surface area contributed by atoms with Crippen molar-refractivity contribution in [1.29, 1.82) is 0 Å². The molecule has 2 saturated heterocycles. The maximum atomic E-state index is 12.5. The van der Waals surface area contributed by atoms with Gasteiger partial charge in [-0.15, -0.1) is 0 Å². The van der Waals surface area contributed by atoms with Gasteiger partial charge in [0.05, 0.1) is 5.92 Å². The van der Waals surface area contributed by atoms with Gasteiger partial charge in [-0.25, -0.2) is 0 Å². The first-order chi connectivity index (χ1) is 10.1. The smallest absolute Gasteiger partial charge is 0.340 e. The van der Waals surface area contributed by atoms with E-state index >= 15 is 0 Å². The molecule has 3 atom stereocenters. The van der Waals surface area contributed by atoms with Crippen LogP contribution in [0.4, 0.5) is 13.2 Å². The van der Waals surface area contributed by atoms with Crippen molar-refractivity contribution < 1.29 is 22.8 Å². The van der Waals surface area contributed by atoms with Gasteiger partial charge in [0.15, 0.2) is 0 Å². The number of likely N-dealkylation sites (N-methyl/N-ethyl adjacent to an activating group) is 1. The molecule has 2 aliphatic heterocycles. The van der Waals surface area contributed by atoms with E-state index in [4.69, 9.17) is 0 Å². The zero-order valence-electron chi connectivity index (χ0n) is 13.1. The minimum atomic E-state index is -4.42. The normalized spacial score (nSPS) is 29.8. The monoisotopic (exact) mass is 321 g/mol. The molecule has 2 amide bonds. The predicted octanol–water partition coefficient (Wildman–Crippen LogP) is 0.806. The minimum Gasteiger partial charge on any atom is -0.340 e. The zero-order valence-corrected chi connectivity index (χ0v) is 13.1. The molecule has 0 unspecified atom stereocenters. The molecule has 0 aromatic rings. The third kappa shape index (κ3) is 3.71. The molecule has 2 fully saturated rings. The summed E-state index contributed by atoms with van der Waals surface area (Å²) in [5.41, 5.74) is 0. The number of halogens is 3. The van der Waals surface area contributed by atoms with Crippen LogP contribution in [-0.2, 0) is 9.59 Å². The molecule has 22 heavy (non-hydrogen) atoms. The number of likely N-dealkylation sites (tertiary alicyclic amines) is 2. The third-order valence-corrected chi connectivity index (χ3v) is 4.48. The van der Waals surface area contributed by atoms with Crippen LogP contribution in [0.25, 0.3) is 0 Å². The molecule has 126 valence electrons. The van der Waals surface area contributed by atoms with E-state index in [1.807, 2.05) is 25.9 Å². The van der Waals surface area contributed by atoms with Gasteiger partial charge in [-0.3, -0.25) is 9.59 Å². The molecule has 0 saturated carbocycles. The van der Waals surface area contributed by atoms with Gasteiger partial charge in [-0.2, -0.15) is 13.2 Å². The lowest BCUT2D eigenvalue weighted by atomic mass is 10.1. The Bertz CT molecular complexity index is 453. The van der Waals surface area contributed by atoms with Gasteiger partial charge in [0.2, 0.25) is 11.8 Å². The van der Waals surface area contributed by atoms with Crippen molar-refractivity contribution in [3.05, 3.63) is 0 Å². The molecular weight excluding hydrogens is 299 g/mol. The van der Waals surface area contributed by atoms with Crippen LogP contribution in [-0.4, -0.2) is 79.0 Å². The van der Waals surface area contributed by atoms with E-state index in [0.717, 1.165) is 4.90 Å². The maximum absolute atomic E-state index is 12.5. The number of nitrogens with zero attached hydrogens (tertiary/aromatic N) is 3. The van der Waals surface area contributed by atoms with Gasteiger partial charge < -0.3 is 14.7 Å². The van der Waals surface area contributed by atoms with E-state index in [-0.39, 0.29) is 24.9 Å². The molecule has 2 aliphatic rings. The van der Waals surface area contributed by atoms with Crippen molar-refractivity contribution in [2.45, 2.75) is 25.6 Å². The topological polar surface area (TPSA) is 43.9 Å². The van der Waals surface area contributed by atoms with Crippen molar-refractivity contribution in [3.8, 4) is 0 Å². The van der Waals surface area contributed by atoms with Gasteiger partial charge in [-0.05, 0) is 20.0 Å². The first-order valence-corrected chi connectivity index (χ1v) is 7.38. The van der Waals surface area contributed by atoms with E-state index < -0.39 is 24.5 Å². The van der Waals surface area contributed by atoms with Crippen molar-refractivity contribution >= 4 is 11.8 Å². The standard InChI is InChI=1S/C14H22F3N3O2/c1-9-5-19(7-11(9)18(2)3)13(22)10-4-12(21)20(6-10)8-14(15,16)17/h9-11H,4-8H2,1-3H3/t9-,10+,11-/m1/s1. The third-order valence-electron chi connectivity index (χ3n) is 4.48. The Morgan fingerprint density at radius 2 is 1.91 bits per heavy atom. The van der Waals surface area contributed by atoms with Crippen LogP contribution in [0, 0.1) is 11.8 Å². The van der Waals surface area contributed by atoms with E-state index in [1.165, 1.54) is 0 Å². The van der Waals surface area contributed by atoms with Crippen LogP contribution < -0.4 is 0 Å². The fourth-order valence-corrected chi connectivity index (χ4v) is 3.37. The second-order valence-electron chi connectivity index (χ2n) is 6.54. The van der Waals surface area contributed by atoms with Crippen LogP contribution in [0.3, 0.4) is 0 Å². The van der Waals surface area contributed by atoms with E-state index in [2.05, 4.69) is 0 Å². The molecule has 0 bridgehead atoms. The van der Waals surface area contributed by atoms with Crippen LogP contribution in [0.2, 0.25) is 0 Å². The van der Waals surface area contributed by atoms with E-state index in [1.54, 1.807) is 4.90 Å². The number of alkyl halides is 3. The molecule has 8 heteroatoms. The molecule has 0 aliphatic carbocycles. The van der Waals surface area contributed by atoms with Crippen molar-refractivity contribution in [2.75, 3.05) is 40.3 Å². The van der Waals surface area contributed by atoms with Crippen LogP contribution in [0.1, 0.15) is 13.3 Å². The number of carbonyl (C=O) groups is 2. The second-order valence-corrected chi connectivity index (χ2v) is 6.54. The summed E-state index contributed by atoms with van der Waals surface area (Å²) in [5, 5.41) is 0. The number of hydrogen-bond acceptors (Lipinski definition) is 3. The van der Waals surface area contributed by atoms with Crippen LogP contribution in [0.5, 0.6) is 0 Å². The summed E-state index contributed by atoms with van der Waals surface area (Å²) in [6, 6.07) is 0.243. The highest BCUT2D eigenvalue weighted by atomic mass is 19.4. The Balaban J connectivity index is 1.96. The highest BCUT2D eigenvalue weighted by molar-refractivity contribution is 5.89. The molecular formula is C14H22F3N3O2. The maximum Gasteiger partial charge on any atom is 0.406 e. The number of rotatable bonds is 3. The highest BCUT2D eigenvalue weighted by Crippen LogP contribution is 2.28. The summed E-state index contributed by atoms with van der Waals surface area (Å²) in [7, 11) is 3.89. The van der Waals surface area contributed by atoms with E-state index in [9.17, 15) is 22.8 Å². The van der Waals surface area contributed by atoms with Crippen molar-refractivity contribution in [1.82, 2.24) is 14.7 Å². The molecule has 0 radical (unpaired) electrons. The average molecular weight is 321 g/mol. The fourth-order valence-electron chi connectivity index (χ4n) is 3.37. The Labute approximate surface area is 128 Å². The Hall–Kier alpha value is -1.31. The van der Waals surface area contributed by atoms with Gasteiger partial charge in [-0.1, -0.05) is 6.92 Å². The summed E-state index contributed by atoms with van der Waals surface area (Å²) in [5.74, 6) is -1.13. The number of carbonyl (C=O) groups excluding carboxylic acids is 2. The lowest BCUT2D eigenvalue weighted by Crippen LogP contribution is -2.39. The quantitative estimate of drug-likeness (QED) is 0.772. The van der Waals surface area contributed by atoms with Gasteiger partial charge >= 0.3 is 6.18 Å². The summed E-state index contributed by atoms with van der Waals surface area (Å²) < 4.78 is 37.2. The van der Waals surface area contributed by atoms with E-state index in [0.29, 0.717) is 19.0 Å². The summed E-state index contributed by atoms with van der Waals surface area (Å²) >= 11 is 0.